The molecule has 3 nitrogen and oxygen atoms in total. The molecule has 104 valence electrons. The van der Waals surface area contributed by atoms with Gasteiger partial charge in [0.2, 0.25) is 5.28 Å². The number of nitrogens with one attached hydrogen (secondary N) is 1. The molecular formula is C15H22ClN3. The molecule has 0 amide bonds. The minimum absolute atomic E-state index is 0.318. The molecule has 2 fully saturated rings. The van der Waals surface area contributed by atoms with Gasteiger partial charge in [0.15, 0.2) is 0 Å². The van der Waals surface area contributed by atoms with E-state index in [4.69, 9.17) is 11.6 Å². The van der Waals surface area contributed by atoms with Gasteiger partial charge in [0.25, 0.3) is 0 Å². The number of hydrogen-bond donors (Lipinski definition) is 1. The summed E-state index contributed by atoms with van der Waals surface area (Å²) in [6.07, 6.45) is 4.01. The highest BCUT2D eigenvalue weighted by molar-refractivity contribution is 6.28. The van der Waals surface area contributed by atoms with E-state index in [-0.39, 0.29) is 0 Å². The van der Waals surface area contributed by atoms with Crippen molar-refractivity contribution in [3.05, 3.63) is 17.0 Å². The van der Waals surface area contributed by atoms with Crippen LogP contribution in [0.1, 0.15) is 45.7 Å². The van der Waals surface area contributed by atoms with Crippen LogP contribution < -0.4 is 5.32 Å². The van der Waals surface area contributed by atoms with E-state index in [1.165, 1.54) is 19.3 Å². The lowest BCUT2D eigenvalue weighted by molar-refractivity contribution is 0.155. The molecule has 2 bridgehead atoms. The van der Waals surface area contributed by atoms with E-state index in [2.05, 4.69) is 36.1 Å². The molecule has 3 unspecified atom stereocenters. The summed E-state index contributed by atoms with van der Waals surface area (Å²) < 4.78 is 0. The third-order valence-corrected chi connectivity index (χ3v) is 5.56. The minimum Gasteiger partial charge on any atom is -0.366 e. The molecule has 0 spiro atoms. The average molecular weight is 280 g/mol. The van der Waals surface area contributed by atoms with Gasteiger partial charge in [-0.1, -0.05) is 20.8 Å². The number of anilines is 1. The Hall–Kier alpha value is -0.830. The lowest BCUT2D eigenvalue weighted by atomic mass is 9.68. The van der Waals surface area contributed by atoms with Crippen molar-refractivity contribution in [1.82, 2.24) is 9.97 Å². The van der Waals surface area contributed by atoms with Crippen LogP contribution >= 0.6 is 11.6 Å². The number of nitrogens with zero attached hydrogens (tertiary/aromatic N) is 2. The minimum atomic E-state index is 0.318. The van der Waals surface area contributed by atoms with E-state index < -0.39 is 0 Å². The summed E-state index contributed by atoms with van der Waals surface area (Å²) in [7, 11) is 0. The third kappa shape index (κ3) is 2.03. The van der Waals surface area contributed by atoms with E-state index in [0.29, 0.717) is 22.2 Å². The van der Waals surface area contributed by atoms with Crippen molar-refractivity contribution < 1.29 is 0 Å². The van der Waals surface area contributed by atoms with Gasteiger partial charge in [-0.2, -0.15) is 0 Å². The smallest absolute Gasteiger partial charge is 0.224 e. The Kier molecular flexibility index (Phi) is 2.83. The third-order valence-electron chi connectivity index (χ3n) is 5.39. The molecule has 0 aromatic carbocycles. The Morgan fingerprint density at radius 1 is 1.32 bits per heavy atom. The number of aryl methyl sites for hydroxylation is 1. The highest BCUT2D eigenvalue weighted by atomic mass is 35.5. The van der Waals surface area contributed by atoms with E-state index in [1.807, 2.05) is 13.0 Å². The Bertz CT molecular complexity index is 489. The molecule has 4 heteroatoms. The van der Waals surface area contributed by atoms with Gasteiger partial charge in [0.05, 0.1) is 0 Å². The molecule has 0 radical (unpaired) electrons. The van der Waals surface area contributed by atoms with Gasteiger partial charge in [0, 0.05) is 17.8 Å². The fourth-order valence-electron chi connectivity index (χ4n) is 4.42. The second-order valence-corrected chi connectivity index (χ2v) is 7.49. The first-order valence-electron chi connectivity index (χ1n) is 7.09. The SMILES string of the molecule is Cc1cc(NC2C3(C)CCC(C3)C2(C)C)nc(Cl)n1. The molecule has 1 aromatic rings. The Labute approximate surface area is 120 Å². The second kappa shape index (κ2) is 4.08. The predicted octanol–water partition coefficient (Wildman–Crippen LogP) is 4.07. The predicted molar refractivity (Wildman–Crippen MR) is 78.4 cm³/mol. The van der Waals surface area contributed by atoms with E-state index in [1.54, 1.807) is 0 Å². The van der Waals surface area contributed by atoms with Crippen molar-refractivity contribution in [2.45, 2.75) is 53.0 Å². The highest BCUT2D eigenvalue weighted by Crippen LogP contribution is 2.63. The quantitative estimate of drug-likeness (QED) is 0.830. The molecule has 3 atom stereocenters. The molecule has 0 aliphatic heterocycles. The van der Waals surface area contributed by atoms with Gasteiger partial charge in [-0.3, -0.25) is 0 Å². The van der Waals surface area contributed by atoms with Gasteiger partial charge in [0.1, 0.15) is 5.82 Å². The standard InChI is InChI=1S/C15H22ClN3/c1-9-7-11(19-13(16)17-9)18-12-14(2,3)10-5-6-15(12,4)8-10/h7,10,12H,5-6,8H2,1-4H3,(H,17,18,19). The number of hydrogen-bond acceptors (Lipinski definition) is 3. The molecule has 1 aromatic heterocycles. The zero-order valence-electron chi connectivity index (χ0n) is 12.1. The maximum atomic E-state index is 5.96. The van der Waals surface area contributed by atoms with Crippen LogP contribution in [-0.4, -0.2) is 16.0 Å². The van der Waals surface area contributed by atoms with Gasteiger partial charge in [-0.25, -0.2) is 9.97 Å². The van der Waals surface area contributed by atoms with Gasteiger partial charge in [-0.15, -0.1) is 0 Å². The summed E-state index contributed by atoms with van der Waals surface area (Å²) in [5, 5.41) is 3.98. The maximum Gasteiger partial charge on any atom is 0.224 e. The van der Waals surface area contributed by atoms with Crippen LogP contribution in [0, 0.1) is 23.7 Å². The summed E-state index contributed by atoms with van der Waals surface area (Å²) in [6.45, 7) is 9.13. The van der Waals surface area contributed by atoms with Crippen LogP contribution in [0.2, 0.25) is 5.28 Å². The Morgan fingerprint density at radius 3 is 2.63 bits per heavy atom. The van der Waals surface area contributed by atoms with Crippen LogP contribution in [0.3, 0.4) is 0 Å². The molecule has 19 heavy (non-hydrogen) atoms. The molecule has 1 N–H and O–H groups in total. The summed E-state index contributed by atoms with van der Waals surface area (Å²) in [6, 6.07) is 2.45. The average Bonchev–Trinajstić information content (AvgIpc) is 2.74. The van der Waals surface area contributed by atoms with Crippen LogP contribution in [0.15, 0.2) is 6.07 Å². The summed E-state index contributed by atoms with van der Waals surface area (Å²) in [5.74, 6) is 1.69. The number of fused-ring (bicyclic) bond motifs is 2. The van der Waals surface area contributed by atoms with Gasteiger partial charge in [-0.05, 0) is 54.5 Å². The van der Waals surface area contributed by atoms with Gasteiger partial charge < -0.3 is 5.32 Å². The van der Waals surface area contributed by atoms with Crippen LogP contribution in [-0.2, 0) is 0 Å². The number of aromatic nitrogens is 2. The molecule has 2 saturated carbocycles. The first-order valence-corrected chi connectivity index (χ1v) is 7.47. The van der Waals surface area contributed by atoms with Gasteiger partial charge >= 0.3 is 0 Å². The van der Waals surface area contributed by atoms with Crippen molar-refractivity contribution in [3.63, 3.8) is 0 Å². The van der Waals surface area contributed by atoms with E-state index >= 15 is 0 Å². The molecule has 3 rings (SSSR count). The molecule has 2 aliphatic rings. The van der Waals surface area contributed by atoms with Crippen LogP contribution in [0.25, 0.3) is 0 Å². The summed E-state index contributed by atoms with van der Waals surface area (Å²) in [5.41, 5.74) is 1.62. The number of rotatable bonds is 2. The zero-order chi connectivity index (χ0) is 13.8. The molecule has 1 heterocycles. The van der Waals surface area contributed by atoms with Crippen molar-refractivity contribution in [3.8, 4) is 0 Å². The number of halogens is 1. The highest BCUT2D eigenvalue weighted by Gasteiger charge is 2.59. The van der Waals surface area contributed by atoms with Crippen molar-refractivity contribution in [2.24, 2.45) is 16.7 Å². The first-order chi connectivity index (χ1) is 8.81. The lowest BCUT2D eigenvalue weighted by Crippen LogP contribution is -2.46. The van der Waals surface area contributed by atoms with Crippen molar-refractivity contribution >= 4 is 17.4 Å². The monoisotopic (exact) mass is 279 g/mol. The fraction of sp³-hybridized carbons (Fsp3) is 0.733. The van der Waals surface area contributed by atoms with E-state index in [0.717, 1.165) is 17.4 Å². The largest absolute Gasteiger partial charge is 0.366 e. The van der Waals surface area contributed by atoms with Crippen LogP contribution in [0.5, 0.6) is 0 Å². The lowest BCUT2D eigenvalue weighted by Gasteiger charge is -2.43. The van der Waals surface area contributed by atoms with E-state index in [9.17, 15) is 0 Å². The maximum absolute atomic E-state index is 5.96. The van der Waals surface area contributed by atoms with Crippen LogP contribution in [0.4, 0.5) is 5.82 Å². The summed E-state index contributed by atoms with van der Waals surface area (Å²) >= 11 is 5.96. The molecule has 0 saturated heterocycles. The normalized spacial score (nSPS) is 35.6. The van der Waals surface area contributed by atoms with Crippen molar-refractivity contribution in [1.29, 1.82) is 0 Å². The second-order valence-electron chi connectivity index (χ2n) is 7.16. The Balaban J connectivity index is 1.90. The first kappa shape index (κ1) is 13.2. The van der Waals surface area contributed by atoms with Crippen molar-refractivity contribution in [2.75, 3.05) is 5.32 Å². The zero-order valence-corrected chi connectivity index (χ0v) is 12.9. The molecular weight excluding hydrogens is 258 g/mol. The summed E-state index contributed by atoms with van der Waals surface area (Å²) in [4.78, 5) is 8.45. The fourth-order valence-corrected chi connectivity index (χ4v) is 4.64. The topological polar surface area (TPSA) is 37.8 Å². The Morgan fingerprint density at radius 2 is 2.05 bits per heavy atom. The molecule has 2 aliphatic carbocycles.